The van der Waals surface area contributed by atoms with Gasteiger partial charge in [0.15, 0.2) is 0 Å². The van der Waals surface area contributed by atoms with Gasteiger partial charge in [-0.15, -0.1) is 0 Å². The van der Waals surface area contributed by atoms with E-state index < -0.39 is 5.60 Å². The van der Waals surface area contributed by atoms with Gasteiger partial charge in [0.2, 0.25) is 0 Å². The maximum Gasteiger partial charge on any atom is 0.0930 e. The van der Waals surface area contributed by atoms with E-state index in [4.69, 9.17) is 5.90 Å². The minimum atomic E-state index is -0.411. The first kappa shape index (κ1) is 9.65. The lowest BCUT2D eigenvalue weighted by Crippen LogP contribution is -2.10. The van der Waals surface area contributed by atoms with Crippen LogP contribution in [0.1, 0.15) is 24.0 Å². The van der Waals surface area contributed by atoms with Gasteiger partial charge in [-0.25, -0.2) is 5.90 Å². The average Bonchev–Trinajstić information content (AvgIpc) is 2.88. The smallest absolute Gasteiger partial charge is 0.0930 e. The Morgan fingerprint density at radius 3 is 2.29 bits per heavy atom. The van der Waals surface area contributed by atoms with Gasteiger partial charge in [0.1, 0.15) is 0 Å². The minimum absolute atomic E-state index is 0.411. The molecular weight excluding hydrogens is 178 g/mol. The Labute approximate surface area is 83.5 Å². The molecule has 0 atom stereocenters. The lowest BCUT2D eigenvalue weighted by molar-refractivity contribution is 0.124. The van der Waals surface area contributed by atoms with Gasteiger partial charge in [0.05, 0.1) is 12.2 Å². The van der Waals surface area contributed by atoms with Crippen molar-refractivity contribution in [2.24, 2.45) is 5.90 Å². The van der Waals surface area contributed by atoms with Crippen LogP contribution in [0.25, 0.3) is 0 Å². The normalized spacial score (nSPS) is 18.1. The molecule has 0 aromatic heterocycles. The van der Waals surface area contributed by atoms with E-state index in [9.17, 15) is 5.11 Å². The molecule has 1 aliphatic carbocycles. The molecule has 0 heterocycles. The lowest BCUT2D eigenvalue weighted by atomic mass is 10.1. The molecule has 1 aliphatic rings. The first-order chi connectivity index (χ1) is 6.72. The summed E-state index contributed by atoms with van der Waals surface area (Å²) in [5.41, 5.74) is 1.82. The highest BCUT2D eigenvalue weighted by Crippen LogP contribution is 2.38. The molecule has 3 N–H and O–H groups in total. The van der Waals surface area contributed by atoms with E-state index in [0.29, 0.717) is 6.61 Å². The zero-order valence-electron chi connectivity index (χ0n) is 8.07. The number of rotatable bonds is 4. The van der Waals surface area contributed by atoms with Gasteiger partial charge in [0, 0.05) is 6.42 Å². The highest BCUT2D eigenvalue weighted by atomic mass is 16.6. The van der Waals surface area contributed by atoms with Gasteiger partial charge >= 0.3 is 0 Å². The molecule has 0 unspecified atom stereocenters. The van der Waals surface area contributed by atoms with Crippen LogP contribution in [0.3, 0.4) is 0 Å². The molecule has 1 saturated carbocycles. The summed E-state index contributed by atoms with van der Waals surface area (Å²) in [4.78, 5) is 4.53. The standard InChI is InChI=1S/C11H15NO2/c12-14-8-10-3-1-9(2-4-10)7-11(13)5-6-11/h1-4,13H,5-8,12H2. The third kappa shape index (κ3) is 2.32. The second-order valence-corrected chi connectivity index (χ2v) is 4.03. The van der Waals surface area contributed by atoms with Gasteiger partial charge in [0.25, 0.3) is 0 Å². The van der Waals surface area contributed by atoms with Crippen molar-refractivity contribution in [2.45, 2.75) is 31.5 Å². The van der Waals surface area contributed by atoms with Crippen molar-refractivity contribution in [3.63, 3.8) is 0 Å². The minimum Gasteiger partial charge on any atom is -0.390 e. The van der Waals surface area contributed by atoms with Crippen molar-refractivity contribution < 1.29 is 9.94 Å². The predicted octanol–water partition coefficient (Wildman–Crippen LogP) is 1.14. The molecular formula is C11H15NO2. The summed E-state index contributed by atoms with van der Waals surface area (Å²) in [7, 11) is 0. The molecule has 0 bridgehead atoms. The number of aliphatic hydroxyl groups is 1. The molecule has 1 aromatic carbocycles. The summed E-state index contributed by atoms with van der Waals surface area (Å²) in [5, 5.41) is 9.71. The van der Waals surface area contributed by atoms with Crippen molar-refractivity contribution in [3.05, 3.63) is 35.4 Å². The second kappa shape index (κ2) is 3.69. The molecule has 0 radical (unpaired) electrons. The maximum absolute atomic E-state index is 9.71. The van der Waals surface area contributed by atoms with E-state index in [2.05, 4.69) is 4.84 Å². The van der Waals surface area contributed by atoms with Gasteiger partial charge in [-0.2, -0.15) is 0 Å². The van der Waals surface area contributed by atoms with Crippen LogP contribution in [0.2, 0.25) is 0 Å². The largest absolute Gasteiger partial charge is 0.390 e. The quantitative estimate of drug-likeness (QED) is 0.705. The van der Waals surface area contributed by atoms with E-state index in [1.807, 2.05) is 24.3 Å². The summed E-state index contributed by atoms with van der Waals surface area (Å²) in [6.45, 7) is 0.435. The van der Waals surface area contributed by atoms with Crippen LogP contribution in [0, 0.1) is 0 Å². The zero-order valence-corrected chi connectivity index (χ0v) is 8.07. The Kier molecular flexibility index (Phi) is 2.54. The molecule has 1 fully saturated rings. The fourth-order valence-electron chi connectivity index (χ4n) is 1.55. The Balaban J connectivity index is 1.99. The third-order valence-corrected chi connectivity index (χ3v) is 2.63. The van der Waals surface area contributed by atoms with Crippen molar-refractivity contribution in [3.8, 4) is 0 Å². The summed E-state index contributed by atoms with van der Waals surface area (Å²) >= 11 is 0. The molecule has 0 aliphatic heterocycles. The summed E-state index contributed by atoms with van der Waals surface area (Å²) in [6, 6.07) is 8.00. The van der Waals surface area contributed by atoms with Crippen molar-refractivity contribution in [2.75, 3.05) is 0 Å². The number of benzene rings is 1. The Morgan fingerprint density at radius 1 is 1.21 bits per heavy atom. The Hall–Kier alpha value is -0.900. The fourth-order valence-corrected chi connectivity index (χ4v) is 1.55. The molecule has 0 amide bonds. The van der Waals surface area contributed by atoms with Gasteiger partial charge in [-0.05, 0) is 24.0 Å². The van der Waals surface area contributed by atoms with E-state index in [1.165, 1.54) is 5.56 Å². The monoisotopic (exact) mass is 193 g/mol. The molecule has 0 saturated heterocycles. The maximum atomic E-state index is 9.71. The van der Waals surface area contributed by atoms with E-state index >= 15 is 0 Å². The van der Waals surface area contributed by atoms with Crippen molar-refractivity contribution in [1.29, 1.82) is 0 Å². The van der Waals surface area contributed by atoms with Gasteiger partial charge in [-0.3, -0.25) is 4.84 Å². The summed E-state index contributed by atoms with van der Waals surface area (Å²) in [6.07, 6.45) is 2.62. The number of nitrogens with two attached hydrogens (primary N) is 1. The van der Waals surface area contributed by atoms with Crippen LogP contribution >= 0.6 is 0 Å². The van der Waals surface area contributed by atoms with E-state index in [0.717, 1.165) is 24.8 Å². The first-order valence-corrected chi connectivity index (χ1v) is 4.84. The number of hydrogen-bond donors (Lipinski definition) is 2. The van der Waals surface area contributed by atoms with Crippen LogP contribution in [0.15, 0.2) is 24.3 Å². The van der Waals surface area contributed by atoms with Crippen LogP contribution in [0.4, 0.5) is 0 Å². The molecule has 1 aromatic rings. The van der Waals surface area contributed by atoms with Gasteiger partial charge < -0.3 is 5.11 Å². The topological polar surface area (TPSA) is 55.5 Å². The molecule has 3 heteroatoms. The number of hydrogen-bond acceptors (Lipinski definition) is 3. The van der Waals surface area contributed by atoms with Crippen molar-refractivity contribution >= 4 is 0 Å². The predicted molar refractivity (Wildman–Crippen MR) is 53.3 cm³/mol. The average molecular weight is 193 g/mol. The van der Waals surface area contributed by atoms with Crippen LogP contribution in [-0.4, -0.2) is 10.7 Å². The Morgan fingerprint density at radius 2 is 1.79 bits per heavy atom. The molecule has 2 rings (SSSR count). The first-order valence-electron chi connectivity index (χ1n) is 4.84. The SMILES string of the molecule is NOCc1ccc(CC2(O)CC2)cc1. The summed E-state index contributed by atoms with van der Waals surface area (Å²) in [5.74, 6) is 4.97. The third-order valence-electron chi connectivity index (χ3n) is 2.63. The molecule has 3 nitrogen and oxygen atoms in total. The van der Waals surface area contributed by atoms with Crippen LogP contribution in [-0.2, 0) is 17.9 Å². The van der Waals surface area contributed by atoms with Crippen LogP contribution < -0.4 is 5.90 Å². The zero-order chi connectivity index (χ0) is 10.0. The summed E-state index contributed by atoms with van der Waals surface area (Å²) < 4.78 is 0. The van der Waals surface area contributed by atoms with Crippen LogP contribution in [0.5, 0.6) is 0 Å². The molecule has 0 spiro atoms. The molecule has 76 valence electrons. The second-order valence-electron chi connectivity index (χ2n) is 4.03. The van der Waals surface area contributed by atoms with E-state index in [1.54, 1.807) is 0 Å². The fraction of sp³-hybridized carbons (Fsp3) is 0.455. The van der Waals surface area contributed by atoms with E-state index in [-0.39, 0.29) is 0 Å². The Bertz CT molecular complexity index is 304. The van der Waals surface area contributed by atoms with Gasteiger partial charge in [-0.1, -0.05) is 24.3 Å². The highest BCUT2D eigenvalue weighted by molar-refractivity contribution is 5.24. The lowest BCUT2D eigenvalue weighted by Gasteiger charge is -2.07. The highest BCUT2D eigenvalue weighted by Gasteiger charge is 2.39. The molecule has 14 heavy (non-hydrogen) atoms. The van der Waals surface area contributed by atoms with Crippen molar-refractivity contribution in [1.82, 2.24) is 0 Å².